The Bertz CT molecular complexity index is 1640. The van der Waals surface area contributed by atoms with Crippen LogP contribution in [0.3, 0.4) is 0 Å². The molecule has 0 radical (unpaired) electrons. The predicted octanol–water partition coefficient (Wildman–Crippen LogP) is 5.40. The first-order valence-corrected chi connectivity index (χ1v) is 14.8. The van der Waals surface area contributed by atoms with Gasteiger partial charge in [0, 0.05) is 42.8 Å². The summed E-state index contributed by atoms with van der Waals surface area (Å²) >= 11 is 0. The molecule has 1 amide bonds. The molecule has 45 heavy (non-hydrogen) atoms. The van der Waals surface area contributed by atoms with Crippen LogP contribution in [0.2, 0.25) is 0 Å². The molecule has 11 nitrogen and oxygen atoms in total. The molecular weight excluding hydrogens is 574 g/mol. The normalized spacial score (nSPS) is 13.3. The van der Waals surface area contributed by atoms with Crippen LogP contribution in [-0.2, 0) is 14.3 Å². The van der Waals surface area contributed by atoms with Gasteiger partial charge in [0.25, 0.3) is 0 Å². The molecule has 2 aromatic carbocycles. The van der Waals surface area contributed by atoms with Crippen molar-refractivity contribution in [2.24, 2.45) is 0 Å². The summed E-state index contributed by atoms with van der Waals surface area (Å²) in [6.07, 6.45) is 8.94. The van der Waals surface area contributed by atoms with Crippen molar-refractivity contribution in [2.45, 2.75) is 52.5 Å². The third kappa shape index (κ3) is 8.69. The van der Waals surface area contributed by atoms with Crippen molar-refractivity contribution < 1.29 is 28.6 Å². The number of nitrogens with one attached hydrogen (secondary N) is 1. The van der Waals surface area contributed by atoms with E-state index in [9.17, 15) is 14.4 Å². The fourth-order valence-corrected chi connectivity index (χ4v) is 4.84. The van der Waals surface area contributed by atoms with Crippen molar-refractivity contribution in [1.82, 2.24) is 24.9 Å². The highest BCUT2D eigenvalue weighted by Gasteiger charge is 2.24. The van der Waals surface area contributed by atoms with E-state index >= 15 is 0 Å². The summed E-state index contributed by atoms with van der Waals surface area (Å²) in [5.41, 5.74) is 5.38. The number of hydrogen-bond donors (Lipinski definition) is 1. The minimum Gasteiger partial charge on any atom is -0.497 e. The van der Waals surface area contributed by atoms with Crippen molar-refractivity contribution >= 4 is 29.1 Å². The molecule has 5 rings (SSSR count). The maximum absolute atomic E-state index is 12.9. The first kappa shape index (κ1) is 32.7. The van der Waals surface area contributed by atoms with E-state index in [0.717, 1.165) is 33.8 Å². The van der Waals surface area contributed by atoms with Gasteiger partial charge in [-0.15, -0.1) is 0 Å². The average Bonchev–Trinajstić information content (AvgIpc) is 3.69. The minimum absolute atomic E-state index is 0.0356. The number of rotatable bonds is 11. The van der Waals surface area contributed by atoms with Crippen LogP contribution in [0.15, 0.2) is 73.3 Å². The van der Waals surface area contributed by atoms with Gasteiger partial charge in [0.15, 0.2) is 5.78 Å². The summed E-state index contributed by atoms with van der Waals surface area (Å²) in [4.78, 5) is 36.3. The van der Waals surface area contributed by atoms with E-state index in [1.807, 2.05) is 55.2 Å². The summed E-state index contributed by atoms with van der Waals surface area (Å²) in [7, 11) is 3.21. The fraction of sp³-hybridized carbons (Fsp3) is 0.324. The van der Waals surface area contributed by atoms with Gasteiger partial charge in [0.2, 0.25) is 5.91 Å². The molecule has 11 heteroatoms. The number of esters is 1. The first-order valence-electron chi connectivity index (χ1n) is 14.8. The summed E-state index contributed by atoms with van der Waals surface area (Å²) in [6.45, 7) is 5.99. The molecule has 0 aliphatic carbocycles. The SMILES string of the molecule is CCOC(=O)CCC(C(=O)c1ccc(OC)cc1)n1cc(C)cn1.COc1ccc(C2=C(n3cc(C)cn3)CCC(=O)N2)cc1. The van der Waals surface area contributed by atoms with Gasteiger partial charge < -0.3 is 19.5 Å². The lowest BCUT2D eigenvalue weighted by Crippen LogP contribution is -2.28. The van der Waals surface area contributed by atoms with Crippen molar-refractivity contribution in [1.29, 1.82) is 0 Å². The molecule has 0 saturated carbocycles. The largest absolute Gasteiger partial charge is 0.497 e. The number of hydrogen-bond acceptors (Lipinski definition) is 8. The number of carbonyl (C=O) groups is 3. The van der Waals surface area contributed by atoms with E-state index in [0.29, 0.717) is 37.2 Å². The molecule has 3 heterocycles. The third-order valence-corrected chi connectivity index (χ3v) is 7.16. The second-order valence-corrected chi connectivity index (χ2v) is 10.5. The van der Waals surface area contributed by atoms with Gasteiger partial charge in [-0.2, -0.15) is 10.2 Å². The standard InChI is InChI=1S/C18H22N2O4.C16H17N3O2/c1-4-24-17(21)10-9-16(20-12-13(2)11-19-20)18(22)14-5-7-15(23-3)8-6-14;1-11-9-17-19(10-11)14-7-8-15(20)18-16(14)12-3-5-13(21-2)6-4-12/h5-8,11-12,16H,4,9-10H2,1-3H3;3-6,9-10H,7-8H2,1-2H3,(H,18,20). The Morgan fingerprint density at radius 2 is 1.51 bits per heavy atom. The zero-order valence-electron chi connectivity index (χ0n) is 26.3. The molecule has 0 fully saturated rings. The number of amides is 1. The Hall–Kier alpha value is -5.19. The van der Waals surface area contributed by atoms with E-state index in [-0.39, 0.29) is 24.1 Å². The van der Waals surface area contributed by atoms with E-state index in [4.69, 9.17) is 14.2 Å². The van der Waals surface area contributed by atoms with Crippen LogP contribution in [0.5, 0.6) is 11.5 Å². The quantitative estimate of drug-likeness (QED) is 0.176. The van der Waals surface area contributed by atoms with Gasteiger partial charge in [0.1, 0.15) is 17.5 Å². The molecule has 0 spiro atoms. The summed E-state index contributed by atoms with van der Waals surface area (Å²) in [6, 6.07) is 14.0. The molecule has 1 unspecified atom stereocenters. The topological polar surface area (TPSA) is 127 Å². The number of ether oxygens (including phenoxy) is 3. The molecule has 0 bridgehead atoms. The van der Waals surface area contributed by atoms with Crippen LogP contribution in [0, 0.1) is 13.8 Å². The Morgan fingerprint density at radius 3 is 2.07 bits per heavy atom. The molecular formula is C34H39N5O6. The number of ketones is 1. The monoisotopic (exact) mass is 613 g/mol. The third-order valence-electron chi connectivity index (χ3n) is 7.16. The Balaban J connectivity index is 0.000000206. The predicted molar refractivity (Wildman–Crippen MR) is 170 cm³/mol. The number of benzene rings is 2. The second-order valence-electron chi connectivity index (χ2n) is 10.5. The van der Waals surface area contributed by atoms with Crippen molar-refractivity contribution in [3.8, 4) is 11.5 Å². The van der Waals surface area contributed by atoms with Crippen LogP contribution >= 0.6 is 0 Å². The van der Waals surface area contributed by atoms with E-state index < -0.39 is 6.04 Å². The van der Waals surface area contributed by atoms with Gasteiger partial charge in [-0.1, -0.05) is 0 Å². The molecule has 1 aliphatic heterocycles. The van der Waals surface area contributed by atoms with Crippen LogP contribution in [-0.4, -0.2) is 58.0 Å². The molecule has 4 aromatic rings. The van der Waals surface area contributed by atoms with Crippen LogP contribution in [0.1, 0.15) is 65.7 Å². The van der Waals surface area contributed by atoms with Gasteiger partial charge >= 0.3 is 5.97 Å². The Kier molecular flexibility index (Phi) is 11.3. The maximum atomic E-state index is 12.9. The lowest BCUT2D eigenvalue weighted by molar-refractivity contribution is -0.143. The Morgan fingerprint density at radius 1 is 0.889 bits per heavy atom. The molecule has 1 aliphatic rings. The summed E-state index contributed by atoms with van der Waals surface area (Å²) in [5.74, 6) is 1.11. The zero-order chi connectivity index (χ0) is 32.3. The van der Waals surface area contributed by atoms with Gasteiger partial charge in [-0.25, -0.2) is 4.68 Å². The van der Waals surface area contributed by atoms with Gasteiger partial charge in [0.05, 0.1) is 44.6 Å². The average molecular weight is 614 g/mol. The van der Waals surface area contributed by atoms with Crippen LogP contribution in [0.25, 0.3) is 11.4 Å². The highest BCUT2D eigenvalue weighted by Crippen LogP contribution is 2.28. The number of Topliss-reactive ketones (excluding diaryl/α,β-unsaturated/α-hetero) is 1. The number of methoxy groups -OCH3 is 2. The zero-order valence-corrected chi connectivity index (χ0v) is 26.3. The lowest BCUT2D eigenvalue weighted by atomic mass is 10.00. The number of carbonyl (C=O) groups excluding carboxylic acids is 3. The summed E-state index contributed by atoms with van der Waals surface area (Å²) in [5, 5.41) is 11.6. The van der Waals surface area contributed by atoms with Crippen LogP contribution in [0.4, 0.5) is 0 Å². The van der Waals surface area contributed by atoms with Crippen LogP contribution < -0.4 is 14.8 Å². The van der Waals surface area contributed by atoms with Crippen molar-refractivity contribution in [3.05, 3.63) is 95.6 Å². The van der Waals surface area contributed by atoms with Crippen molar-refractivity contribution in [3.63, 3.8) is 0 Å². The van der Waals surface area contributed by atoms with Gasteiger partial charge in [-0.05, 0) is 86.8 Å². The number of aromatic nitrogens is 4. The molecule has 1 atom stereocenters. The number of allylic oxidation sites excluding steroid dienone is 1. The highest BCUT2D eigenvalue weighted by atomic mass is 16.5. The fourth-order valence-electron chi connectivity index (χ4n) is 4.84. The molecule has 236 valence electrons. The molecule has 0 saturated heterocycles. The first-order chi connectivity index (χ1) is 21.7. The number of nitrogens with zero attached hydrogens (tertiary/aromatic N) is 4. The van der Waals surface area contributed by atoms with Crippen molar-refractivity contribution in [2.75, 3.05) is 20.8 Å². The van der Waals surface area contributed by atoms with Gasteiger partial charge in [-0.3, -0.25) is 19.1 Å². The van der Waals surface area contributed by atoms with E-state index in [2.05, 4.69) is 15.5 Å². The smallest absolute Gasteiger partial charge is 0.305 e. The van der Waals surface area contributed by atoms with E-state index in [1.165, 1.54) is 0 Å². The van der Waals surface area contributed by atoms with E-state index in [1.54, 1.807) is 62.5 Å². The minimum atomic E-state index is -0.545. The summed E-state index contributed by atoms with van der Waals surface area (Å²) < 4.78 is 18.7. The Labute approximate surface area is 262 Å². The maximum Gasteiger partial charge on any atom is 0.305 e. The second kappa shape index (κ2) is 15.5. The highest BCUT2D eigenvalue weighted by molar-refractivity contribution is 5.99. The lowest BCUT2D eigenvalue weighted by Gasteiger charge is -2.21. The molecule has 1 N–H and O–H groups in total. The number of aryl methyl sites for hydroxylation is 2. The molecule has 2 aromatic heterocycles.